The number of nitrogens with one attached hydrogen (secondary N) is 2. The van der Waals surface area contributed by atoms with E-state index < -0.39 is 10.0 Å². The number of H-pyrrole nitrogens is 1. The highest BCUT2D eigenvalue weighted by Gasteiger charge is 2.27. The molecule has 9 nitrogen and oxygen atoms in total. The largest absolute Gasteiger partial charge is 0.379 e. The standard InChI is InChI=1S/C27H29N5O4S/c33-37(34,32-12-15-35-16-13-32)22-10-8-20(9-11-22)25-23(19-5-2-1-3-6-19)24-26(29-18-30-27(24)31-25)28-17-21-7-4-14-36-21/h1-3,5-6,8-11,18,21H,4,7,12-17H2,(H2,28,29,30,31). The van der Waals surface area contributed by atoms with Crippen molar-refractivity contribution in [3.63, 3.8) is 0 Å². The molecule has 1 atom stereocenters. The second-order valence-electron chi connectivity index (χ2n) is 9.24. The van der Waals surface area contributed by atoms with E-state index >= 15 is 0 Å². The molecule has 0 spiro atoms. The van der Waals surface area contributed by atoms with Crippen molar-refractivity contribution in [1.29, 1.82) is 0 Å². The maximum atomic E-state index is 13.1. The molecule has 0 saturated carbocycles. The van der Waals surface area contributed by atoms with Crippen LogP contribution >= 0.6 is 0 Å². The SMILES string of the molecule is O=S(=O)(c1ccc(-c2[nH]c3ncnc(NCC4CCCO4)c3c2-c2ccccc2)cc1)N1CCOCC1. The highest BCUT2D eigenvalue weighted by atomic mass is 32.2. The van der Waals surface area contributed by atoms with Gasteiger partial charge in [-0.3, -0.25) is 0 Å². The fourth-order valence-corrected chi connectivity index (χ4v) is 6.42. The zero-order valence-corrected chi connectivity index (χ0v) is 21.2. The molecular weight excluding hydrogens is 490 g/mol. The Morgan fingerprint density at radius 2 is 1.76 bits per heavy atom. The number of hydrogen-bond acceptors (Lipinski definition) is 7. The summed E-state index contributed by atoms with van der Waals surface area (Å²) in [7, 11) is -3.57. The number of aromatic amines is 1. The minimum absolute atomic E-state index is 0.171. The molecule has 0 amide bonds. The molecule has 0 radical (unpaired) electrons. The molecule has 10 heteroatoms. The van der Waals surface area contributed by atoms with Crippen molar-refractivity contribution in [2.24, 2.45) is 0 Å². The molecule has 192 valence electrons. The average Bonchev–Trinajstić information content (AvgIpc) is 3.61. The summed E-state index contributed by atoms with van der Waals surface area (Å²) in [5.41, 5.74) is 4.42. The van der Waals surface area contributed by atoms with Crippen LogP contribution in [0.15, 0.2) is 65.8 Å². The minimum Gasteiger partial charge on any atom is -0.379 e. The lowest BCUT2D eigenvalue weighted by molar-refractivity contribution is 0.0730. The Morgan fingerprint density at radius 1 is 0.973 bits per heavy atom. The van der Waals surface area contributed by atoms with E-state index in [1.807, 2.05) is 30.3 Å². The summed E-state index contributed by atoms with van der Waals surface area (Å²) in [4.78, 5) is 12.8. The van der Waals surface area contributed by atoms with Crippen LogP contribution < -0.4 is 5.32 Å². The van der Waals surface area contributed by atoms with E-state index in [2.05, 4.69) is 32.4 Å². The Labute approximate surface area is 215 Å². The number of rotatable bonds is 7. The predicted molar refractivity (Wildman–Crippen MR) is 142 cm³/mol. The van der Waals surface area contributed by atoms with E-state index in [1.54, 1.807) is 18.5 Å². The molecule has 2 saturated heterocycles. The summed E-state index contributed by atoms with van der Waals surface area (Å²) in [5, 5.41) is 4.37. The molecule has 2 aliphatic heterocycles. The van der Waals surface area contributed by atoms with E-state index in [9.17, 15) is 8.42 Å². The molecule has 37 heavy (non-hydrogen) atoms. The third-order valence-corrected chi connectivity index (χ3v) is 8.84. The first-order valence-corrected chi connectivity index (χ1v) is 14.0. The lowest BCUT2D eigenvalue weighted by Crippen LogP contribution is -2.40. The second-order valence-corrected chi connectivity index (χ2v) is 11.2. The number of anilines is 1. The summed E-state index contributed by atoms with van der Waals surface area (Å²) < 4.78 is 38.8. The van der Waals surface area contributed by atoms with Crippen molar-refractivity contribution < 1.29 is 17.9 Å². The first-order valence-electron chi connectivity index (χ1n) is 12.6. The number of hydrogen-bond donors (Lipinski definition) is 2. The van der Waals surface area contributed by atoms with Crippen LogP contribution in [0.2, 0.25) is 0 Å². The number of ether oxygens (including phenoxy) is 2. The highest BCUT2D eigenvalue weighted by Crippen LogP contribution is 2.40. The van der Waals surface area contributed by atoms with Crippen molar-refractivity contribution in [2.75, 3.05) is 44.8 Å². The van der Waals surface area contributed by atoms with Gasteiger partial charge in [-0.15, -0.1) is 0 Å². The third-order valence-electron chi connectivity index (χ3n) is 6.93. The van der Waals surface area contributed by atoms with Gasteiger partial charge >= 0.3 is 0 Å². The number of nitrogens with zero attached hydrogens (tertiary/aromatic N) is 3. The van der Waals surface area contributed by atoms with Gasteiger partial charge in [-0.25, -0.2) is 18.4 Å². The summed E-state index contributed by atoms with van der Waals surface area (Å²) in [6.07, 6.45) is 3.83. The fourth-order valence-electron chi connectivity index (χ4n) is 5.01. The Morgan fingerprint density at radius 3 is 2.49 bits per heavy atom. The van der Waals surface area contributed by atoms with Gasteiger partial charge < -0.3 is 19.8 Å². The van der Waals surface area contributed by atoms with Crippen molar-refractivity contribution in [2.45, 2.75) is 23.8 Å². The molecule has 0 bridgehead atoms. The Balaban J connectivity index is 1.41. The Bertz CT molecular complexity index is 1480. The molecule has 2 aromatic heterocycles. The van der Waals surface area contributed by atoms with Crippen molar-refractivity contribution in [1.82, 2.24) is 19.3 Å². The molecule has 2 fully saturated rings. The summed E-state index contributed by atoms with van der Waals surface area (Å²) in [6.45, 7) is 3.03. The summed E-state index contributed by atoms with van der Waals surface area (Å²) in [5.74, 6) is 0.744. The highest BCUT2D eigenvalue weighted by molar-refractivity contribution is 7.89. The number of sulfonamides is 1. The third kappa shape index (κ3) is 4.73. The van der Waals surface area contributed by atoms with Gasteiger partial charge in [-0.2, -0.15) is 4.31 Å². The maximum absolute atomic E-state index is 13.1. The molecular formula is C27H29N5O4S. The minimum atomic E-state index is -3.57. The number of aromatic nitrogens is 3. The molecule has 4 aromatic rings. The predicted octanol–water partition coefficient (Wildman–Crippen LogP) is 3.90. The van der Waals surface area contributed by atoms with Crippen LogP contribution in [0, 0.1) is 0 Å². The average molecular weight is 520 g/mol. The molecule has 0 aliphatic carbocycles. The van der Waals surface area contributed by atoms with Gasteiger partial charge in [0.15, 0.2) is 0 Å². The van der Waals surface area contributed by atoms with Gasteiger partial charge in [0, 0.05) is 31.8 Å². The lowest BCUT2D eigenvalue weighted by Gasteiger charge is -2.26. The van der Waals surface area contributed by atoms with Gasteiger partial charge in [0.2, 0.25) is 10.0 Å². The van der Waals surface area contributed by atoms with Crippen LogP contribution in [-0.2, 0) is 19.5 Å². The van der Waals surface area contributed by atoms with Crippen LogP contribution in [0.25, 0.3) is 33.4 Å². The zero-order valence-electron chi connectivity index (χ0n) is 20.4. The van der Waals surface area contributed by atoms with E-state index in [-0.39, 0.29) is 11.0 Å². The van der Waals surface area contributed by atoms with Gasteiger partial charge in [-0.05, 0) is 36.1 Å². The molecule has 2 aliphatic rings. The zero-order chi connectivity index (χ0) is 25.2. The smallest absolute Gasteiger partial charge is 0.243 e. The topological polar surface area (TPSA) is 109 Å². The maximum Gasteiger partial charge on any atom is 0.243 e. The summed E-state index contributed by atoms with van der Waals surface area (Å²) >= 11 is 0. The van der Waals surface area contributed by atoms with Crippen molar-refractivity contribution >= 4 is 26.9 Å². The van der Waals surface area contributed by atoms with Gasteiger partial charge in [0.25, 0.3) is 0 Å². The fraction of sp³-hybridized carbons (Fsp3) is 0.333. The van der Waals surface area contributed by atoms with Gasteiger partial charge in [0.1, 0.15) is 17.8 Å². The van der Waals surface area contributed by atoms with E-state index in [0.717, 1.165) is 53.0 Å². The van der Waals surface area contributed by atoms with E-state index in [1.165, 1.54) is 4.31 Å². The van der Waals surface area contributed by atoms with Crippen molar-refractivity contribution in [3.05, 3.63) is 60.9 Å². The molecule has 4 heterocycles. The lowest BCUT2D eigenvalue weighted by atomic mass is 9.99. The Kier molecular flexibility index (Phi) is 6.64. The molecule has 2 N–H and O–H groups in total. The first kappa shape index (κ1) is 24.1. The Hall–Kier alpha value is -3.31. The molecule has 2 aromatic carbocycles. The monoisotopic (exact) mass is 519 g/mol. The van der Waals surface area contributed by atoms with Crippen molar-refractivity contribution in [3.8, 4) is 22.4 Å². The van der Waals surface area contributed by atoms with Crippen LogP contribution in [0.4, 0.5) is 5.82 Å². The molecule has 1 unspecified atom stereocenters. The van der Waals surface area contributed by atoms with Crippen LogP contribution in [0.3, 0.4) is 0 Å². The second kappa shape index (κ2) is 10.2. The number of morpholine rings is 1. The normalized spacial score (nSPS) is 18.9. The molecule has 6 rings (SSSR count). The quantitative estimate of drug-likeness (QED) is 0.381. The van der Waals surface area contributed by atoms with E-state index in [0.29, 0.717) is 38.5 Å². The number of fused-ring (bicyclic) bond motifs is 1. The van der Waals surface area contributed by atoms with Gasteiger partial charge in [0.05, 0.1) is 35.3 Å². The van der Waals surface area contributed by atoms with Gasteiger partial charge in [-0.1, -0.05) is 42.5 Å². The van der Waals surface area contributed by atoms with E-state index in [4.69, 9.17) is 9.47 Å². The van der Waals surface area contributed by atoms with Crippen LogP contribution in [-0.4, -0.2) is 73.2 Å². The first-order chi connectivity index (χ1) is 18.1. The summed E-state index contributed by atoms with van der Waals surface area (Å²) in [6, 6.07) is 17.1. The van der Waals surface area contributed by atoms with Crippen LogP contribution in [0.5, 0.6) is 0 Å². The van der Waals surface area contributed by atoms with Crippen LogP contribution in [0.1, 0.15) is 12.8 Å². The number of benzene rings is 2.